The van der Waals surface area contributed by atoms with Crippen LogP contribution in [0.3, 0.4) is 0 Å². The molecule has 9 rings (SSSR count). The molecular formula is C40H25NS2. The minimum atomic E-state index is 1.15. The van der Waals surface area contributed by atoms with Gasteiger partial charge in [0.2, 0.25) is 0 Å². The van der Waals surface area contributed by atoms with Crippen molar-refractivity contribution in [1.82, 2.24) is 0 Å². The van der Waals surface area contributed by atoms with Crippen molar-refractivity contribution in [2.75, 3.05) is 4.90 Å². The summed E-state index contributed by atoms with van der Waals surface area (Å²) >= 11 is 3.77. The maximum atomic E-state index is 2.44. The molecule has 202 valence electrons. The van der Waals surface area contributed by atoms with Crippen LogP contribution in [0, 0.1) is 0 Å². The van der Waals surface area contributed by atoms with Crippen LogP contribution in [0.25, 0.3) is 62.2 Å². The molecule has 2 aromatic heterocycles. The largest absolute Gasteiger partial charge is 0.309 e. The number of thiophene rings is 2. The zero-order valence-corrected chi connectivity index (χ0v) is 24.8. The quantitative estimate of drug-likeness (QED) is 0.199. The average Bonchev–Trinajstić information content (AvgIpc) is 3.65. The van der Waals surface area contributed by atoms with Gasteiger partial charge in [-0.3, -0.25) is 0 Å². The van der Waals surface area contributed by atoms with Gasteiger partial charge in [0.25, 0.3) is 0 Å². The first-order valence-electron chi connectivity index (χ1n) is 14.5. The van der Waals surface area contributed by atoms with Crippen molar-refractivity contribution in [3.05, 3.63) is 152 Å². The van der Waals surface area contributed by atoms with Gasteiger partial charge in [-0.25, -0.2) is 0 Å². The standard InChI is InChI=1S/C40H25NS2/c1-2-9-26(10-3-1)27-17-20-29(21-18-27)41(30-22-24-38-35(25-30)32-13-6-7-16-37(32)42-38)36-15-8-14-33-34-23-19-28-11-4-5-12-31(28)39(34)43-40(33)36/h1-25H. The lowest BCUT2D eigenvalue weighted by atomic mass is 10.0. The van der Waals surface area contributed by atoms with Crippen LogP contribution >= 0.6 is 22.7 Å². The van der Waals surface area contributed by atoms with Crippen LogP contribution in [-0.2, 0) is 0 Å². The summed E-state index contributed by atoms with van der Waals surface area (Å²) in [6.45, 7) is 0. The second kappa shape index (κ2) is 9.81. The van der Waals surface area contributed by atoms with Crippen LogP contribution in [0.4, 0.5) is 17.1 Å². The van der Waals surface area contributed by atoms with E-state index in [-0.39, 0.29) is 0 Å². The first-order chi connectivity index (χ1) is 21.3. The molecule has 0 aliphatic rings. The second-order valence-electron chi connectivity index (χ2n) is 10.9. The number of anilines is 3. The molecule has 0 aliphatic heterocycles. The minimum Gasteiger partial charge on any atom is -0.309 e. The van der Waals surface area contributed by atoms with E-state index in [9.17, 15) is 0 Å². The van der Waals surface area contributed by atoms with E-state index in [1.165, 1.54) is 73.6 Å². The Morgan fingerprint density at radius 2 is 1.05 bits per heavy atom. The molecule has 0 saturated heterocycles. The van der Waals surface area contributed by atoms with Crippen LogP contribution < -0.4 is 4.90 Å². The molecule has 0 radical (unpaired) electrons. The molecule has 0 amide bonds. The Balaban J connectivity index is 1.30. The molecule has 3 heteroatoms. The van der Waals surface area contributed by atoms with Crippen molar-refractivity contribution in [3.8, 4) is 11.1 Å². The molecule has 0 unspecified atom stereocenters. The van der Waals surface area contributed by atoms with Crippen LogP contribution in [0.15, 0.2) is 152 Å². The van der Waals surface area contributed by atoms with E-state index < -0.39 is 0 Å². The first kappa shape index (κ1) is 24.6. The molecule has 9 aromatic rings. The Hall–Kier alpha value is -4.96. The highest BCUT2D eigenvalue weighted by Crippen LogP contribution is 2.47. The second-order valence-corrected chi connectivity index (χ2v) is 13.1. The number of fused-ring (bicyclic) bond motifs is 8. The lowest BCUT2D eigenvalue weighted by Gasteiger charge is -2.26. The van der Waals surface area contributed by atoms with Gasteiger partial charge >= 0.3 is 0 Å². The Labute approximate surface area is 257 Å². The first-order valence-corrected chi connectivity index (χ1v) is 16.1. The minimum absolute atomic E-state index is 1.15. The predicted octanol–water partition coefficient (Wildman–Crippen LogP) is 12.7. The third-order valence-electron chi connectivity index (χ3n) is 8.46. The Bertz CT molecular complexity index is 2450. The lowest BCUT2D eigenvalue weighted by molar-refractivity contribution is 1.31. The van der Waals surface area contributed by atoms with E-state index in [1.54, 1.807) is 0 Å². The zero-order valence-electron chi connectivity index (χ0n) is 23.2. The molecule has 0 spiro atoms. The van der Waals surface area contributed by atoms with Gasteiger partial charge in [-0.2, -0.15) is 0 Å². The van der Waals surface area contributed by atoms with Crippen LogP contribution in [-0.4, -0.2) is 0 Å². The van der Waals surface area contributed by atoms with Crippen molar-refractivity contribution in [3.63, 3.8) is 0 Å². The summed E-state index contributed by atoms with van der Waals surface area (Å²) in [5.74, 6) is 0. The van der Waals surface area contributed by atoms with Crippen LogP contribution in [0.5, 0.6) is 0 Å². The summed E-state index contributed by atoms with van der Waals surface area (Å²) in [6, 6.07) is 55.4. The summed E-state index contributed by atoms with van der Waals surface area (Å²) < 4.78 is 5.29. The van der Waals surface area contributed by atoms with Crippen molar-refractivity contribution < 1.29 is 0 Å². The molecule has 0 aliphatic carbocycles. The van der Waals surface area contributed by atoms with Gasteiger partial charge in [-0.05, 0) is 64.4 Å². The highest BCUT2D eigenvalue weighted by molar-refractivity contribution is 7.27. The maximum absolute atomic E-state index is 2.44. The zero-order chi connectivity index (χ0) is 28.3. The summed E-state index contributed by atoms with van der Waals surface area (Å²) in [5.41, 5.74) is 5.96. The molecule has 0 atom stereocenters. The molecule has 0 bridgehead atoms. The lowest BCUT2D eigenvalue weighted by Crippen LogP contribution is -2.10. The van der Waals surface area contributed by atoms with Crippen molar-refractivity contribution in [2.24, 2.45) is 0 Å². The van der Waals surface area contributed by atoms with Gasteiger partial charge in [-0.1, -0.05) is 109 Å². The monoisotopic (exact) mass is 583 g/mol. The van der Waals surface area contributed by atoms with E-state index in [1.807, 2.05) is 22.7 Å². The number of rotatable bonds is 4. The fourth-order valence-electron chi connectivity index (χ4n) is 6.40. The Kier molecular flexibility index (Phi) is 5.62. The topological polar surface area (TPSA) is 3.24 Å². The molecule has 0 saturated carbocycles. The van der Waals surface area contributed by atoms with Crippen LogP contribution in [0.2, 0.25) is 0 Å². The number of benzene rings is 7. The smallest absolute Gasteiger partial charge is 0.0640 e. The van der Waals surface area contributed by atoms with Gasteiger partial charge in [0.1, 0.15) is 0 Å². The molecule has 1 nitrogen and oxygen atoms in total. The normalized spacial score (nSPS) is 11.7. The summed E-state index contributed by atoms with van der Waals surface area (Å²) in [7, 11) is 0. The van der Waals surface area contributed by atoms with Gasteiger partial charge in [0.05, 0.1) is 10.4 Å². The molecule has 2 heterocycles. The van der Waals surface area contributed by atoms with Gasteiger partial charge in [-0.15, -0.1) is 22.7 Å². The molecular weight excluding hydrogens is 559 g/mol. The Morgan fingerprint density at radius 1 is 0.372 bits per heavy atom. The van der Waals surface area contributed by atoms with E-state index in [0.717, 1.165) is 5.69 Å². The maximum Gasteiger partial charge on any atom is 0.0640 e. The molecule has 7 aromatic carbocycles. The summed E-state index contributed by atoms with van der Waals surface area (Å²) in [6.07, 6.45) is 0. The van der Waals surface area contributed by atoms with E-state index in [4.69, 9.17) is 0 Å². The molecule has 0 N–H and O–H groups in total. The van der Waals surface area contributed by atoms with E-state index >= 15 is 0 Å². The van der Waals surface area contributed by atoms with Crippen molar-refractivity contribution in [2.45, 2.75) is 0 Å². The number of hydrogen-bond donors (Lipinski definition) is 0. The van der Waals surface area contributed by atoms with Crippen molar-refractivity contribution >= 4 is 90.9 Å². The third kappa shape index (κ3) is 3.97. The average molecular weight is 584 g/mol. The summed E-state index contributed by atoms with van der Waals surface area (Å²) in [4.78, 5) is 2.44. The van der Waals surface area contributed by atoms with E-state index in [0.29, 0.717) is 0 Å². The van der Waals surface area contributed by atoms with Gasteiger partial charge in [0, 0.05) is 47.0 Å². The molecule has 43 heavy (non-hydrogen) atoms. The fourth-order valence-corrected chi connectivity index (χ4v) is 8.83. The highest BCUT2D eigenvalue weighted by atomic mass is 32.1. The highest BCUT2D eigenvalue weighted by Gasteiger charge is 2.20. The van der Waals surface area contributed by atoms with E-state index in [2.05, 4.69) is 157 Å². The van der Waals surface area contributed by atoms with Crippen LogP contribution in [0.1, 0.15) is 0 Å². The SMILES string of the molecule is c1ccc(-c2ccc(N(c3ccc4sc5ccccc5c4c3)c3cccc4c3sc3c5ccccc5ccc43)cc2)cc1. The number of nitrogens with zero attached hydrogens (tertiary/aromatic N) is 1. The van der Waals surface area contributed by atoms with Gasteiger partial charge < -0.3 is 4.90 Å². The summed E-state index contributed by atoms with van der Waals surface area (Å²) in [5, 5.41) is 7.84. The van der Waals surface area contributed by atoms with Crippen molar-refractivity contribution in [1.29, 1.82) is 0 Å². The molecule has 0 fully saturated rings. The Morgan fingerprint density at radius 3 is 1.93 bits per heavy atom. The van der Waals surface area contributed by atoms with Gasteiger partial charge in [0.15, 0.2) is 0 Å². The number of hydrogen-bond acceptors (Lipinski definition) is 3. The predicted molar refractivity (Wildman–Crippen MR) is 190 cm³/mol. The third-order valence-corrected chi connectivity index (χ3v) is 10.9. The fraction of sp³-hybridized carbons (Fsp3) is 0.